The molecule has 1 aliphatic rings. The van der Waals surface area contributed by atoms with Gasteiger partial charge < -0.3 is 0 Å². The molecule has 1 aromatic rings. The molecule has 86 valence electrons. The first-order chi connectivity index (χ1) is 8.22. The van der Waals surface area contributed by atoms with E-state index in [0.717, 1.165) is 24.0 Å². The number of hydrogen-bond acceptors (Lipinski definition) is 1. The van der Waals surface area contributed by atoms with Gasteiger partial charge in [0.05, 0.1) is 0 Å². The number of nitrogens with zero attached hydrogens (tertiary/aromatic N) is 1. The lowest BCUT2D eigenvalue weighted by Gasteiger charge is -2.04. The topological polar surface area (TPSA) is 12.4 Å². The Bertz CT molecular complexity index is 518. The third-order valence-corrected chi connectivity index (χ3v) is 3.02. The lowest BCUT2D eigenvalue weighted by atomic mass is 10.0. The van der Waals surface area contributed by atoms with Crippen molar-refractivity contribution < 1.29 is 0 Å². The zero-order chi connectivity index (χ0) is 12.3. The van der Waals surface area contributed by atoms with Crippen molar-refractivity contribution in [2.24, 2.45) is 4.99 Å². The standard InChI is InChI=1S/C16H17N/c1-4-9-17-11-13(3)14-7-8-16-12(2)5-6-15(16)10-14/h4,7-11H,2-3,5-6H2,1H3/b9-4-,17-11-. The molecule has 0 heterocycles. The Morgan fingerprint density at radius 2 is 2.18 bits per heavy atom. The maximum atomic E-state index is 4.15. The fourth-order valence-corrected chi connectivity index (χ4v) is 2.06. The van der Waals surface area contributed by atoms with Crippen LogP contribution < -0.4 is 0 Å². The van der Waals surface area contributed by atoms with E-state index < -0.39 is 0 Å². The predicted molar refractivity (Wildman–Crippen MR) is 76.1 cm³/mol. The molecule has 0 N–H and O–H groups in total. The Hall–Kier alpha value is -1.89. The second-order valence-electron chi connectivity index (χ2n) is 4.26. The summed E-state index contributed by atoms with van der Waals surface area (Å²) in [4.78, 5) is 4.15. The molecule has 0 aliphatic heterocycles. The van der Waals surface area contributed by atoms with Crippen LogP contribution in [0, 0.1) is 0 Å². The van der Waals surface area contributed by atoms with Crippen LogP contribution >= 0.6 is 0 Å². The van der Waals surface area contributed by atoms with Gasteiger partial charge >= 0.3 is 0 Å². The van der Waals surface area contributed by atoms with Gasteiger partial charge in [-0.15, -0.1) is 0 Å². The summed E-state index contributed by atoms with van der Waals surface area (Å²) >= 11 is 0. The molecule has 0 atom stereocenters. The summed E-state index contributed by atoms with van der Waals surface area (Å²) in [5, 5.41) is 0. The Kier molecular flexibility index (Phi) is 3.38. The van der Waals surface area contributed by atoms with Crippen molar-refractivity contribution >= 4 is 17.4 Å². The van der Waals surface area contributed by atoms with Gasteiger partial charge in [0.15, 0.2) is 0 Å². The highest BCUT2D eigenvalue weighted by molar-refractivity contribution is 6.09. The van der Waals surface area contributed by atoms with Crippen molar-refractivity contribution in [2.45, 2.75) is 19.8 Å². The van der Waals surface area contributed by atoms with Crippen LogP contribution in [0.4, 0.5) is 0 Å². The van der Waals surface area contributed by atoms with Gasteiger partial charge in [-0.05, 0) is 47.6 Å². The highest BCUT2D eigenvalue weighted by Crippen LogP contribution is 2.32. The van der Waals surface area contributed by atoms with Crippen molar-refractivity contribution in [3.05, 3.63) is 60.3 Å². The van der Waals surface area contributed by atoms with E-state index in [1.807, 2.05) is 13.0 Å². The second kappa shape index (κ2) is 4.96. The van der Waals surface area contributed by atoms with E-state index >= 15 is 0 Å². The highest BCUT2D eigenvalue weighted by Gasteiger charge is 2.14. The maximum Gasteiger partial charge on any atom is 0.0340 e. The van der Waals surface area contributed by atoms with E-state index in [2.05, 4.69) is 36.3 Å². The molecule has 0 bridgehead atoms. The fraction of sp³-hybridized carbons (Fsp3) is 0.188. The average molecular weight is 223 g/mol. The van der Waals surface area contributed by atoms with Gasteiger partial charge in [0, 0.05) is 12.4 Å². The van der Waals surface area contributed by atoms with Crippen molar-refractivity contribution in [2.75, 3.05) is 0 Å². The van der Waals surface area contributed by atoms with Crippen LogP contribution in [0.15, 0.2) is 48.6 Å². The van der Waals surface area contributed by atoms with Gasteiger partial charge in [0.2, 0.25) is 0 Å². The van der Waals surface area contributed by atoms with Gasteiger partial charge in [0.25, 0.3) is 0 Å². The minimum Gasteiger partial charge on any atom is -0.264 e. The van der Waals surface area contributed by atoms with E-state index in [4.69, 9.17) is 0 Å². The Morgan fingerprint density at radius 1 is 1.35 bits per heavy atom. The molecule has 1 heteroatoms. The zero-order valence-corrected chi connectivity index (χ0v) is 10.2. The molecule has 0 saturated carbocycles. The largest absolute Gasteiger partial charge is 0.264 e. The smallest absolute Gasteiger partial charge is 0.0340 e. The van der Waals surface area contributed by atoms with Crippen LogP contribution in [0.5, 0.6) is 0 Å². The van der Waals surface area contributed by atoms with E-state index in [1.165, 1.54) is 16.7 Å². The third kappa shape index (κ3) is 2.44. The van der Waals surface area contributed by atoms with Crippen LogP contribution in [0.3, 0.4) is 0 Å². The third-order valence-electron chi connectivity index (χ3n) is 3.02. The number of rotatable bonds is 3. The van der Waals surface area contributed by atoms with E-state index in [-0.39, 0.29) is 0 Å². The lowest BCUT2D eigenvalue weighted by molar-refractivity contribution is 1.08. The van der Waals surface area contributed by atoms with E-state index in [1.54, 1.807) is 12.4 Å². The molecule has 0 unspecified atom stereocenters. The van der Waals surface area contributed by atoms with Crippen LogP contribution in [0.1, 0.15) is 30.0 Å². The molecule has 0 aromatic heterocycles. The first-order valence-corrected chi connectivity index (χ1v) is 5.87. The predicted octanol–water partition coefficient (Wildman–Crippen LogP) is 4.26. The monoisotopic (exact) mass is 223 g/mol. The first-order valence-electron chi connectivity index (χ1n) is 5.87. The zero-order valence-electron chi connectivity index (χ0n) is 10.2. The van der Waals surface area contributed by atoms with Crippen LogP contribution in [-0.2, 0) is 6.42 Å². The molecule has 17 heavy (non-hydrogen) atoms. The van der Waals surface area contributed by atoms with Crippen molar-refractivity contribution in [1.29, 1.82) is 0 Å². The normalized spacial score (nSPS) is 14.8. The molecule has 0 saturated heterocycles. The van der Waals surface area contributed by atoms with Gasteiger partial charge in [-0.1, -0.05) is 37.4 Å². The van der Waals surface area contributed by atoms with Gasteiger partial charge in [-0.25, -0.2) is 0 Å². The van der Waals surface area contributed by atoms with Gasteiger partial charge in [-0.3, -0.25) is 4.99 Å². The quantitative estimate of drug-likeness (QED) is 0.679. The number of fused-ring (bicyclic) bond motifs is 1. The van der Waals surface area contributed by atoms with Crippen molar-refractivity contribution in [3.63, 3.8) is 0 Å². The number of aliphatic imine (C=N–C) groups is 1. The molecular weight excluding hydrogens is 206 g/mol. The van der Waals surface area contributed by atoms with Crippen molar-refractivity contribution in [3.8, 4) is 0 Å². The summed E-state index contributed by atoms with van der Waals surface area (Å²) in [6.07, 6.45) is 7.64. The summed E-state index contributed by atoms with van der Waals surface area (Å²) in [7, 11) is 0. The molecular formula is C16H17N. The Labute approximate surface area is 103 Å². The summed E-state index contributed by atoms with van der Waals surface area (Å²) in [5.74, 6) is 0. The molecule has 0 spiro atoms. The average Bonchev–Trinajstić information content (AvgIpc) is 2.71. The number of aryl methyl sites for hydroxylation is 1. The fourth-order valence-electron chi connectivity index (χ4n) is 2.06. The van der Waals surface area contributed by atoms with E-state index in [9.17, 15) is 0 Å². The highest BCUT2D eigenvalue weighted by atomic mass is 14.7. The summed E-state index contributed by atoms with van der Waals surface area (Å²) in [6, 6.07) is 6.45. The lowest BCUT2D eigenvalue weighted by Crippen LogP contribution is -1.88. The summed E-state index contributed by atoms with van der Waals surface area (Å²) in [6.45, 7) is 10.1. The van der Waals surface area contributed by atoms with Crippen LogP contribution in [0.25, 0.3) is 11.1 Å². The molecule has 1 nitrogen and oxygen atoms in total. The SMILES string of the molecule is C=C(/C=N\C=C/C)c1ccc2c(c1)CCC2=C. The van der Waals surface area contributed by atoms with Crippen LogP contribution in [-0.4, -0.2) is 6.21 Å². The molecule has 1 aliphatic carbocycles. The number of benzene rings is 1. The van der Waals surface area contributed by atoms with E-state index in [0.29, 0.717) is 0 Å². The maximum absolute atomic E-state index is 4.15. The summed E-state index contributed by atoms with van der Waals surface area (Å²) < 4.78 is 0. The Morgan fingerprint density at radius 3 is 2.94 bits per heavy atom. The molecule has 0 fully saturated rings. The molecule has 0 amide bonds. The molecule has 1 aromatic carbocycles. The number of hydrogen-bond donors (Lipinski definition) is 0. The van der Waals surface area contributed by atoms with Crippen LogP contribution in [0.2, 0.25) is 0 Å². The van der Waals surface area contributed by atoms with Gasteiger partial charge in [0.1, 0.15) is 0 Å². The minimum atomic E-state index is 0.948. The first kappa shape index (κ1) is 11.6. The van der Waals surface area contributed by atoms with Crippen molar-refractivity contribution in [1.82, 2.24) is 0 Å². The summed E-state index contributed by atoms with van der Waals surface area (Å²) in [5.41, 5.74) is 6.04. The number of allylic oxidation sites excluding steroid dienone is 3. The Balaban J connectivity index is 2.24. The van der Waals surface area contributed by atoms with Gasteiger partial charge in [-0.2, -0.15) is 0 Å². The minimum absolute atomic E-state index is 0.948. The molecule has 2 rings (SSSR count). The molecule has 0 radical (unpaired) electrons. The second-order valence-corrected chi connectivity index (χ2v) is 4.26.